The normalized spacial score (nSPS) is 11.8. The fraction of sp³-hybridized carbons (Fsp3) is 0.417. The Balaban J connectivity index is 2.45. The second kappa shape index (κ2) is 4.68. The summed E-state index contributed by atoms with van der Waals surface area (Å²) in [5.74, 6) is 0.726. The van der Waals surface area contributed by atoms with E-state index in [0.29, 0.717) is 5.69 Å². The molecule has 0 spiro atoms. The summed E-state index contributed by atoms with van der Waals surface area (Å²) in [6.45, 7) is 7.18. The summed E-state index contributed by atoms with van der Waals surface area (Å²) < 4.78 is 2.74. The van der Waals surface area contributed by atoms with Gasteiger partial charge < -0.3 is 5.73 Å². The smallest absolute Gasteiger partial charge is 0.183 e. The highest BCUT2D eigenvalue weighted by Gasteiger charge is 2.18. The number of nitrogens with two attached hydrogens (primary N) is 1. The Kier molecular flexibility index (Phi) is 3.38. The minimum atomic E-state index is 0.108. The number of nitrogens with zero attached hydrogens (tertiary/aromatic N) is 4. The Hall–Kier alpha value is -1.43. The monoisotopic (exact) mass is 309 g/mol. The molecule has 0 saturated carbocycles. The maximum atomic E-state index is 5.81. The molecule has 0 unspecified atom stereocenters. The molecule has 2 N–H and O–H groups in total. The van der Waals surface area contributed by atoms with Crippen LogP contribution in [-0.2, 0) is 6.54 Å². The van der Waals surface area contributed by atoms with E-state index in [4.69, 9.17) is 5.73 Å². The van der Waals surface area contributed by atoms with Gasteiger partial charge >= 0.3 is 0 Å². The van der Waals surface area contributed by atoms with Gasteiger partial charge in [-0.15, -0.1) is 5.10 Å². The van der Waals surface area contributed by atoms with Gasteiger partial charge in [0.05, 0.1) is 0 Å². The third kappa shape index (κ3) is 2.87. The average Bonchev–Trinajstić information content (AvgIpc) is 2.67. The van der Waals surface area contributed by atoms with E-state index in [1.165, 1.54) is 0 Å². The molecule has 0 saturated heterocycles. The van der Waals surface area contributed by atoms with Crippen molar-refractivity contribution in [3.8, 4) is 11.4 Å². The van der Waals surface area contributed by atoms with Crippen molar-refractivity contribution in [2.45, 2.75) is 27.3 Å². The summed E-state index contributed by atoms with van der Waals surface area (Å²) in [6, 6.07) is 5.61. The third-order valence-corrected chi connectivity index (χ3v) is 3.08. The van der Waals surface area contributed by atoms with E-state index in [2.05, 4.69) is 52.2 Å². The van der Waals surface area contributed by atoms with E-state index >= 15 is 0 Å². The molecule has 5 nitrogen and oxygen atoms in total. The number of anilines is 1. The van der Waals surface area contributed by atoms with Gasteiger partial charge in [0.15, 0.2) is 5.82 Å². The van der Waals surface area contributed by atoms with Crippen molar-refractivity contribution in [2.24, 2.45) is 5.41 Å². The molecular weight excluding hydrogens is 294 g/mol. The van der Waals surface area contributed by atoms with Crippen LogP contribution in [0.2, 0.25) is 0 Å². The van der Waals surface area contributed by atoms with Crippen molar-refractivity contribution in [1.82, 2.24) is 20.2 Å². The molecule has 0 amide bonds. The molecule has 0 bridgehead atoms. The van der Waals surface area contributed by atoms with Crippen LogP contribution >= 0.6 is 15.9 Å². The molecule has 1 aromatic heterocycles. The first-order valence-corrected chi connectivity index (χ1v) is 6.48. The Bertz CT molecular complexity index is 556. The summed E-state index contributed by atoms with van der Waals surface area (Å²) in [4.78, 5) is 0. The predicted octanol–water partition coefficient (Wildman–Crippen LogP) is 2.73. The van der Waals surface area contributed by atoms with Crippen LogP contribution in [0.4, 0.5) is 5.69 Å². The fourth-order valence-corrected chi connectivity index (χ4v) is 2.09. The summed E-state index contributed by atoms with van der Waals surface area (Å²) >= 11 is 3.50. The summed E-state index contributed by atoms with van der Waals surface area (Å²) in [6.07, 6.45) is 0. The van der Waals surface area contributed by atoms with Gasteiger partial charge in [0.1, 0.15) is 0 Å². The number of tetrazole rings is 1. The molecule has 0 aliphatic carbocycles. The minimum Gasteiger partial charge on any atom is -0.399 e. The number of rotatable bonds is 2. The first kappa shape index (κ1) is 13.0. The van der Waals surface area contributed by atoms with Gasteiger partial charge in [0.2, 0.25) is 0 Å². The quantitative estimate of drug-likeness (QED) is 0.866. The third-order valence-electron chi connectivity index (χ3n) is 2.39. The minimum absolute atomic E-state index is 0.108. The molecule has 0 aliphatic heterocycles. The molecule has 2 rings (SSSR count). The second-order valence-electron chi connectivity index (χ2n) is 5.46. The van der Waals surface area contributed by atoms with Crippen molar-refractivity contribution in [2.75, 3.05) is 5.73 Å². The van der Waals surface area contributed by atoms with Crippen molar-refractivity contribution in [3.63, 3.8) is 0 Å². The Labute approximate surface area is 115 Å². The Morgan fingerprint density at radius 3 is 2.72 bits per heavy atom. The zero-order chi connectivity index (χ0) is 13.3. The van der Waals surface area contributed by atoms with Crippen molar-refractivity contribution in [3.05, 3.63) is 22.7 Å². The van der Waals surface area contributed by atoms with E-state index < -0.39 is 0 Å². The van der Waals surface area contributed by atoms with Crippen molar-refractivity contribution < 1.29 is 0 Å². The number of hydrogen-bond donors (Lipinski definition) is 1. The van der Waals surface area contributed by atoms with Gasteiger partial charge in [0, 0.05) is 22.3 Å². The molecule has 18 heavy (non-hydrogen) atoms. The molecule has 96 valence electrons. The molecule has 2 aromatic rings. The van der Waals surface area contributed by atoms with Crippen molar-refractivity contribution in [1.29, 1.82) is 0 Å². The van der Waals surface area contributed by atoms with E-state index in [-0.39, 0.29) is 5.41 Å². The number of aromatic nitrogens is 4. The van der Waals surface area contributed by atoms with E-state index in [1.807, 2.05) is 18.2 Å². The maximum absolute atomic E-state index is 5.81. The van der Waals surface area contributed by atoms with Crippen molar-refractivity contribution >= 4 is 21.6 Å². The zero-order valence-electron chi connectivity index (χ0n) is 10.7. The number of halogens is 1. The lowest BCUT2D eigenvalue weighted by atomic mass is 9.97. The highest BCUT2D eigenvalue weighted by atomic mass is 79.9. The molecule has 0 aliphatic rings. The highest BCUT2D eigenvalue weighted by molar-refractivity contribution is 9.10. The van der Waals surface area contributed by atoms with Crippen LogP contribution in [0.15, 0.2) is 22.7 Å². The van der Waals surface area contributed by atoms with Crippen LogP contribution in [0.25, 0.3) is 11.4 Å². The fourth-order valence-electron chi connectivity index (χ4n) is 1.67. The second-order valence-corrected chi connectivity index (χ2v) is 6.31. The standard InChI is InChI=1S/C12H16BrN5/c1-12(2,3)7-18-11(15-16-17-18)9-6-8(14)4-5-10(9)13/h4-6H,7,14H2,1-3H3. The zero-order valence-corrected chi connectivity index (χ0v) is 12.3. The van der Waals surface area contributed by atoms with E-state index in [0.717, 1.165) is 22.4 Å². The SMILES string of the molecule is CC(C)(C)Cn1nnnc1-c1cc(N)ccc1Br. The number of nitrogen functional groups attached to an aromatic ring is 1. The summed E-state index contributed by atoms with van der Waals surface area (Å²) in [7, 11) is 0. The summed E-state index contributed by atoms with van der Waals surface area (Å²) in [5.41, 5.74) is 7.52. The molecule has 6 heteroatoms. The van der Waals surface area contributed by atoms with Crippen LogP contribution in [0.5, 0.6) is 0 Å². The largest absolute Gasteiger partial charge is 0.399 e. The van der Waals surface area contributed by atoms with Crippen LogP contribution in [0.1, 0.15) is 20.8 Å². The molecule has 1 aromatic carbocycles. The van der Waals surface area contributed by atoms with E-state index in [1.54, 1.807) is 4.68 Å². The van der Waals surface area contributed by atoms with Gasteiger partial charge in [-0.05, 0) is 34.0 Å². The number of hydrogen-bond acceptors (Lipinski definition) is 4. The maximum Gasteiger partial charge on any atom is 0.183 e. The first-order chi connectivity index (χ1) is 8.37. The van der Waals surface area contributed by atoms with Gasteiger partial charge in [-0.3, -0.25) is 0 Å². The molecule has 1 heterocycles. The van der Waals surface area contributed by atoms with Crippen LogP contribution in [0, 0.1) is 5.41 Å². The van der Waals surface area contributed by atoms with Gasteiger partial charge in [-0.25, -0.2) is 4.68 Å². The predicted molar refractivity (Wildman–Crippen MR) is 74.8 cm³/mol. The topological polar surface area (TPSA) is 69.6 Å². The lowest BCUT2D eigenvalue weighted by Gasteiger charge is -2.18. The number of benzene rings is 1. The van der Waals surface area contributed by atoms with Gasteiger partial charge in [-0.1, -0.05) is 36.7 Å². The van der Waals surface area contributed by atoms with Gasteiger partial charge in [0.25, 0.3) is 0 Å². The highest BCUT2D eigenvalue weighted by Crippen LogP contribution is 2.29. The Morgan fingerprint density at radius 2 is 2.06 bits per heavy atom. The van der Waals surface area contributed by atoms with Gasteiger partial charge in [-0.2, -0.15) is 0 Å². The first-order valence-electron chi connectivity index (χ1n) is 5.68. The molecular formula is C12H16BrN5. The van der Waals surface area contributed by atoms with E-state index in [9.17, 15) is 0 Å². The Morgan fingerprint density at radius 1 is 1.33 bits per heavy atom. The lowest BCUT2D eigenvalue weighted by molar-refractivity contribution is 0.323. The lowest BCUT2D eigenvalue weighted by Crippen LogP contribution is -2.17. The molecule has 0 fully saturated rings. The van der Waals surface area contributed by atoms with Crippen LogP contribution in [0.3, 0.4) is 0 Å². The molecule has 0 radical (unpaired) electrons. The molecule has 0 atom stereocenters. The van der Waals surface area contributed by atoms with Crippen LogP contribution in [-0.4, -0.2) is 20.2 Å². The summed E-state index contributed by atoms with van der Waals surface area (Å²) in [5, 5.41) is 11.9. The average molecular weight is 310 g/mol. The van der Waals surface area contributed by atoms with Crippen LogP contribution < -0.4 is 5.73 Å².